The van der Waals surface area contributed by atoms with Gasteiger partial charge in [0.25, 0.3) is 0 Å². The molecule has 2 aromatic rings. The van der Waals surface area contributed by atoms with Gasteiger partial charge < -0.3 is 9.47 Å². The Hall–Kier alpha value is -2.73. The predicted octanol–water partition coefficient (Wildman–Crippen LogP) is 4.95. The topological polar surface area (TPSA) is 55.8 Å². The van der Waals surface area contributed by atoms with Crippen molar-refractivity contribution in [1.82, 2.24) is 4.90 Å². The van der Waals surface area contributed by atoms with Gasteiger partial charge in [-0.2, -0.15) is 11.8 Å². The van der Waals surface area contributed by atoms with E-state index in [0.29, 0.717) is 18.6 Å². The number of amides is 1. The van der Waals surface area contributed by atoms with E-state index in [2.05, 4.69) is 6.58 Å². The Morgan fingerprint density at radius 3 is 2.48 bits per heavy atom. The molecule has 0 radical (unpaired) electrons. The zero-order chi connectivity index (χ0) is 20.7. The first kappa shape index (κ1) is 21.0. The largest absolute Gasteiger partial charge is 0.444 e. The number of carbonyl (C=O) groups is 2. The molecule has 1 fully saturated rings. The van der Waals surface area contributed by atoms with Crippen LogP contribution in [0.3, 0.4) is 0 Å². The minimum absolute atomic E-state index is 0.124. The van der Waals surface area contributed by atoms with Crippen molar-refractivity contribution in [3.8, 4) is 0 Å². The van der Waals surface area contributed by atoms with Crippen molar-refractivity contribution in [3.05, 3.63) is 84.4 Å². The smallest absolute Gasteiger partial charge is 0.414 e. The van der Waals surface area contributed by atoms with E-state index >= 15 is 0 Å². The molecule has 5 nitrogen and oxygen atoms in total. The van der Waals surface area contributed by atoms with Gasteiger partial charge in [0.1, 0.15) is 6.61 Å². The number of esters is 1. The van der Waals surface area contributed by atoms with Crippen LogP contribution in [0.5, 0.6) is 0 Å². The van der Waals surface area contributed by atoms with Crippen molar-refractivity contribution in [2.45, 2.75) is 31.2 Å². The Morgan fingerprint density at radius 2 is 1.86 bits per heavy atom. The molecule has 6 heteroatoms. The molecule has 0 aromatic heterocycles. The quantitative estimate of drug-likeness (QED) is 0.454. The van der Waals surface area contributed by atoms with Crippen LogP contribution in [0.15, 0.2) is 73.3 Å². The molecule has 0 N–H and O–H groups in total. The highest BCUT2D eigenvalue weighted by atomic mass is 32.2. The molecule has 0 unspecified atom stereocenters. The summed E-state index contributed by atoms with van der Waals surface area (Å²) in [6.45, 7) is 3.93. The first-order valence-corrected chi connectivity index (χ1v) is 10.9. The molecule has 1 amide bonds. The molecule has 1 saturated heterocycles. The van der Waals surface area contributed by atoms with Crippen molar-refractivity contribution >= 4 is 23.8 Å². The van der Waals surface area contributed by atoms with Gasteiger partial charge in [0.2, 0.25) is 6.23 Å². The second-order valence-electron chi connectivity index (χ2n) is 6.85. The van der Waals surface area contributed by atoms with Gasteiger partial charge in [0.05, 0.1) is 0 Å². The molecule has 0 spiro atoms. The summed E-state index contributed by atoms with van der Waals surface area (Å²) in [7, 11) is 0. The summed E-state index contributed by atoms with van der Waals surface area (Å²) >= 11 is 1.62. The fourth-order valence-electron chi connectivity index (χ4n) is 3.50. The molecular formula is C23H25NO4S. The Kier molecular flexibility index (Phi) is 6.99. The minimum atomic E-state index is -1.13. The lowest BCUT2D eigenvalue weighted by Crippen LogP contribution is -2.52. The third-order valence-electron chi connectivity index (χ3n) is 4.98. The Balaban J connectivity index is 1.94. The summed E-state index contributed by atoms with van der Waals surface area (Å²) in [4.78, 5) is 27.7. The van der Waals surface area contributed by atoms with Crippen molar-refractivity contribution in [2.24, 2.45) is 0 Å². The van der Waals surface area contributed by atoms with Crippen molar-refractivity contribution in [1.29, 1.82) is 0 Å². The SMILES string of the molecule is C=CC[C@@]1(CCSC)C(=O)O[C@H](c2ccccc2)N1C(=O)OCc1ccccc1. The third kappa shape index (κ3) is 4.48. The van der Waals surface area contributed by atoms with Crippen LogP contribution in [0, 0.1) is 0 Å². The van der Waals surface area contributed by atoms with E-state index in [0.717, 1.165) is 11.1 Å². The lowest BCUT2D eigenvalue weighted by molar-refractivity contribution is -0.145. The second kappa shape index (κ2) is 9.65. The van der Waals surface area contributed by atoms with Gasteiger partial charge in [-0.05, 0) is 30.4 Å². The zero-order valence-corrected chi connectivity index (χ0v) is 17.3. The van der Waals surface area contributed by atoms with Crippen LogP contribution in [0.2, 0.25) is 0 Å². The minimum Gasteiger partial charge on any atom is -0.444 e. The van der Waals surface area contributed by atoms with Gasteiger partial charge in [0.15, 0.2) is 5.54 Å². The molecule has 0 saturated carbocycles. The standard InChI is InChI=1S/C23H25NO4S/c1-3-14-23(15-16-29-2)21(25)28-20(19-12-8-5-9-13-19)24(23)22(26)27-17-18-10-6-4-7-11-18/h3-13,20H,1,14-17H2,2H3/t20-,23-/m1/s1. The fraction of sp³-hybridized carbons (Fsp3) is 0.304. The van der Waals surface area contributed by atoms with Gasteiger partial charge in [-0.25, -0.2) is 9.59 Å². The second-order valence-corrected chi connectivity index (χ2v) is 7.83. The maximum atomic E-state index is 13.2. The van der Waals surface area contributed by atoms with Crippen molar-refractivity contribution in [3.63, 3.8) is 0 Å². The van der Waals surface area contributed by atoms with Crippen LogP contribution in [0.4, 0.5) is 4.79 Å². The van der Waals surface area contributed by atoms with E-state index in [-0.39, 0.29) is 6.61 Å². The number of benzene rings is 2. The van der Waals surface area contributed by atoms with Crippen LogP contribution in [-0.4, -0.2) is 34.5 Å². The van der Waals surface area contributed by atoms with Gasteiger partial charge in [0, 0.05) is 5.56 Å². The molecule has 29 heavy (non-hydrogen) atoms. The zero-order valence-electron chi connectivity index (χ0n) is 16.5. The normalized spacial score (nSPS) is 20.9. The summed E-state index contributed by atoms with van der Waals surface area (Å²) < 4.78 is 11.3. The predicted molar refractivity (Wildman–Crippen MR) is 114 cm³/mol. The van der Waals surface area contributed by atoms with Crippen molar-refractivity contribution in [2.75, 3.05) is 12.0 Å². The molecule has 2 atom stereocenters. The number of hydrogen-bond acceptors (Lipinski definition) is 5. The Bertz CT molecular complexity index is 842. The summed E-state index contributed by atoms with van der Waals surface area (Å²) in [6, 6.07) is 18.7. The molecule has 2 aromatic carbocycles. The van der Waals surface area contributed by atoms with Crippen LogP contribution >= 0.6 is 11.8 Å². The third-order valence-corrected chi connectivity index (χ3v) is 5.59. The average Bonchev–Trinajstić information content (AvgIpc) is 3.04. The fourth-order valence-corrected chi connectivity index (χ4v) is 4.04. The van der Waals surface area contributed by atoms with Gasteiger partial charge in [-0.15, -0.1) is 6.58 Å². The maximum absolute atomic E-state index is 13.2. The first-order chi connectivity index (χ1) is 14.1. The number of thioether (sulfide) groups is 1. The highest BCUT2D eigenvalue weighted by Crippen LogP contribution is 2.43. The van der Waals surface area contributed by atoms with Gasteiger partial charge in [-0.3, -0.25) is 4.90 Å². The van der Waals surface area contributed by atoms with E-state index in [1.807, 2.05) is 66.9 Å². The highest BCUT2D eigenvalue weighted by Gasteiger charge is 2.57. The van der Waals surface area contributed by atoms with Crippen LogP contribution in [0.1, 0.15) is 30.2 Å². The lowest BCUT2D eigenvalue weighted by Gasteiger charge is -2.35. The number of hydrogen-bond donors (Lipinski definition) is 0. The molecule has 3 rings (SSSR count). The van der Waals surface area contributed by atoms with E-state index in [9.17, 15) is 9.59 Å². The molecular weight excluding hydrogens is 386 g/mol. The molecule has 1 aliphatic heterocycles. The molecule has 1 heterocycles. The summed E-state index contributed by atoms with van der Waals surface area (Å²) in [5, 5.41) is 0. The summed E-state index contributed by atoms with van der Waals surface area (Å²) in [5.74, 6) is 0.282. The molecule has 152 valence electrons. The van der Waals surface area contributed by atoms with E-state index in [4.69, 9.17) is 9.47 Å². The maximum Gasteiger partial charge on any atom is 0.414 e. The van der Waals surface area contributed by atoms with Gasteiger partial charge >= 0.3 is 12.1 Å². The highest BCUT2D eigenvalue weighted by molar-refractivity contribution is 7.98. The van der Waals surface area contributed by atoms with Crippen LogP contribution in [-0.2, 0) is 20.9 Å². The number of nitrogens with zero attached hydrogens (tertiary/aromatic N) is 1. The number of cyclic esters (lactones) is 1. The lowest BCUT2D eigenvalue weighted by atomic mass is 9.90. The monoisotopic (exact) mass is 411 g/mol. The summed E-state index contributed by atoms with van der Waals surface area (Å²) in [5.41, 5.74) is 0.480. The Morgan fingerprint density at radius 1 is 1.21 bits per heavy atom. The van der Waals surface area contributed by atoms with E-state index in [1.54, 1.807) is 17.8 Å². The molecule has 1 aliphatic rings. The molecule has 0 bridgehead atoms. The van der Waals surface area contributed by atoms with Gasteiger partial charge in [-0.1, -0.05) is 66.7 Å². The first-order valence-electron chi connectivity index (χ1n) is 9.48. The number of rotatable bonds is 8. The van der Waals surface area contributed by atoms with E-state index < -0.39 is 23.8 Å². The summed E-state index contributed by atoms with van der Waals surface area (Å²) in [6.07, 6.45) is 2.99. The van der Waals surface area contributed by atoms with E-state index in [1.165, 1.54) is 4.90 Å². The molecule has 0 aliphatic carbocycles. The number of carbonyl (C=O) groups excluding carboxylic acids is 2. The number of ether oxygens (including phenoxy) is 2. The van der Waals surface area contributed by atoms with Crippen molar-refractivity contribution < 1.29 is 19.1 Å². The Labute approximate surface area is 175 Å². The average molecular weight is 412 g/mol. The van der Waals surface area contributed by atoms with Crippen LogP contribution in [0.25, 0.3) is 0 Å². The van der Waals surface area contributed by atoms with Crippen LogP contribution < -0.4 is 0 Å².